The van der Waals surface area contributed by atoms with Crippen molar-refractivity contribution >= 4 is 28.4 Å². The topological polar surface area (TPSA) is 107 Å². The highest BCUT2D eigenvalue weighted by Crippen LogP contribution is 2.16. The van der Waals surface area contributed by atoms with Gasteiger partial charge in [0.1, 0.15) is 0 Å². The Labute approximate surface area is 121 Å². The van der Waals surface area contributed by atoms with Gasteiger partial charge in [0.2, 0.25) is 0 Å². The fraction of sp³-hybridized carbons (Fsp3) is 0.357. The number of rotatable bonds is 5. The van der Waals surface area contributed by atoms with Gasteiger partial charge in [0.15, 0.2) is 0 Å². The minimum absolute atomic E-state index is 0.266. The molecule has 0 spiro atoms. The van der Waals surface area contributed by atoms with Crippen molar-refractivity contribution in [3.63, 3.8) is 0 Å². The van der Waals surface area contributed by atoms with Gasteiger partial charge in [0.25, 0.3) is 0 Å². The number of nitrogens with zero attached hydrogens (tertiary/aromatic N) is 1. The quantitative estimate of drug-likeness (QED) is 0.610. The van der Waals surface area contributed by atoms with Gasteiger partial charge in [-0.05, 0) is 31.0 Å². The van der Waals surface area contributed by atoms with Crippen LogP contribution in [-0.4, -0.2) is 39.8 Å². The monoisotopic (exact) mass is 290 g/mol. The highest BCUT2D eigenvalue weighted by molar-refractivity contribution is 6.39. The second-order valence-corrected chi connectivity index (χ2v) is 4.73. The number of nitrogens with one attached hydrogen (secondary N) is 3. The van der Waals surface area contributed by atoms with E-state index in [2.05, 4.69) is 20.8 Å². The molecule has 2 amide bonds. The molecule has 1 aromatic carbocycles. The first kappa shape index (κ1) is 15.0. The maximum absolute atomic E-state index is 11.7. The zero-order chi connectivity index (χ0) is 15.2. The summed E-state index contributed by atoms with van der Waals surface area (Å²) in [6, 6.07) is 5.19. The summed E-state index contributed by atoms with van der Waals surface area (Å²) in [5.41, 5.74) is 1.38. The number of fused-ring (bicyclic) bond motifs is 1. The van der Waals surface area contributed by atoms with Gasteiger partial charge in [-0.2, -0.15) is 5.10 Å². The Morgan fingerprint density at radius 2 is 2.19 bits per heavy atom. The lowest BCUT2D eigenvalue weighted by atomic mass is 10.2. The average Bonchev–Trinajstić information content (AvgIpc) is 2.94. The van der Waals surface area contributed by atoms with E-state index in [1.54, 1.807) is 24.4 Å². The van der Waals surface area contributed by atoms with E-state index >= 15 is 0 Å². The van der Waals surface area contributed by atoms with Crippen LogP contribution >= 0.6 is 0 Å². The molecule has 0 aliphatic carbocycles. The first-order chi connectivity index (χ1) is 10.1. The fourth-order valence-electron chi connectivity index (χ4n) is 1.85. The van der Waals surface area contributed by atoms with Gasteiger partial charge in [-0.15, -0.1) is 0 Å². The van der Waals surface area contributed by atoms with Crippen LogP contribution in [0.1, 0.15) is 19.8 Å². The number of carbonyl (C=O) groups excluding carboxylic acids is 2. The molecule has 2 aromatic rings. The molecule has 1 heterocycles. The van der Waals surface area contributed by atoms with Crippen molar-refractivity contribution in [1.29, 1.82) is 0 Å². The van der Waals surface area contributed by atoms with Gasteiger partial charge in [-0.1, -0.05) is 6.92 Å². The standard InChI is InChI=1S/C14H18N4O3/c1-2-11(19)5-6-15-13(20)14(21)17-10-3-4-12-9(7-10)8-16-18-12/h3-4,7-8,11,19H,2,5-6H2,1H3,(H,15,20)(H,16,18)(H,17,21). The summed E-state index contributed by atoms with van der Waals surface area (Å²) >= 11 is 0. The Balaban J connectivity index is 1.86. The Morgan fingerprint density at radius 1 is 1.38 bits per heavy atom. The number of aromatic nitrogens is 2. The number of benzene rings is 1. The van der Waals surface area contributed by atoms with Crippen LogP contribution in [0.15, 0.2) is 24.4 Å². The molecule has 0 bridgehead atoms. The minimum Gasteiger partial charge on any atom is -0.393 e. The molecule has 0 saturated carbocycles. The lowest BCUT2D eigenvalue weighted by Gasteiger charge is -2.09. The second-order valence-electron chi connectivity index (χ2n) is 4.73. The number of hydrogen-bond acceptors (Lipinski definition) is 4. The summed E-state index contributed by atoms with van der Waals surface area (Å²) in [4.78, 5) is 23.3. The smallest absolute Gasteiger partial charge is 0.313 e. The molecule has 0 fully saturated rings. The van der Waals surface area contributed by atoms with Gasteiger partial charge in [0.05, 0.1) is 17.8 Å². The average molecular weight is 290 g/mol. The number of H-pyrrole nitrogens is 1. The predicted octanol–water partition coefficient (Wildman–Crippen LogP) is 0.779. The van der Waals surface area contributed by atoms with Gasteiger partial charge < -0.3 is 15.7 Å². The van der Waals surface area contributed by atoms with E-state index in [9.17, 15) is 14.7 Å². The van der Waals surface area contributed by atoms with Gasteiger partial charge in [-0.25, -0.2) is 0 Å². The van der Waals surface area contributed by atoms with E-state index in [0.29, 0.717) is 18.5 Å². The maximum Gasteiger partial charge on any atom is 0.313 e. The predicted molar refractivity (Wildman–Crippen MR) is 78.6 cm³/mol. The van der Waals surface area contributed by atoms with Crippen LogP contribution in [0.5, 0.6) is 0 Å². The third-order valence-corrected chi connectivity index (χ3v) is 3.14. The van der Waals surface area contributed by atoms with E-state index in [0.717, 1.165) is 10.9 Å². The summed E-state index contributed by atoms with van der Waals surface area (Å²) in [5.74, 6) is -1.45. The van der Waals surface area contributed by atoms with Gasteiger partial charge in [0, 0.05) is 17.6 Å². The largest absolute Gasteiger partial charge is 0.393 e. The van der Waals surface area contributed by atoms with Crippen molar-refractivity contribution in [2.24, 2.45) is 0 Å². The van der Waals surface area contributed by atoms with Crippen molar-refractivity contribution in [2.75, 3.05) is 11.9 Å². The van der Waals surface area contributed by atoms with Crippen LogP contribution in [-0.2, 0) is 9.59 Å². The normalized spacial score (nSPS) is 12.1. The second kappa shape index (κ2) is 6.85. The lowest BCUT2D eigenvalue weighted by molar-refractivity contribution is -0.136. The van der Waals surface area contributed by atoms with Crippen LogP contribution in [0.4, 0.5) is 5.69 Å². The molecule has 7 heteroatoms. The number of aliphatic hydroxyl groups is 1. The van der Waals surface area contributed by atoms with E-state index in [-0.39, 0.29) is 6.54 Å². The van der Waals surface area contributed by atoms with Crippen molar-refractivity contribution < 1.29 is 14.7 Å². The molecule has 1 atom stereocenters. The Bertz CT molecular complexity index is 638. The van der Waals surface area contributed by atoms with Crippen molar-refractivity contribution in [1.82, 2.24) is 15.5 Å². The third kappa shape index (κ3) is 4.03. The molecule has 0 aliphatic heterocycles. The molecular weight excluding hydrogens is 272 g/mol. The summed E-state index contributed by atoms with van der Waals surface area (Å²) < 4.78 is 0. The molecule has 0 aliphatic rings. The first-order valence-corrected chi connectivity index (χ1v) is 6.80. The molecule has 7 nitrogen and oxygen atoms in total. The molecule has 1 aromatic heterocycles. The molecule has 21 heavy (non-hydrogen) atoms. The molecule has 4 N–H and O–H groups in total. The van der Waals surface area contributed by atoms with Crippen LogP contribution in [0.3, 0.4) is 0 Å². The van der Waals surface area contributed by atoms with Crippen molar-refractivity contribution in [3.05, 3.63) is 24.4 Å². The van der Waals surface area contributed by atoms with E-state index < -0.39 is 17.9 Å². The summed E-state index contributed by atoms with van der Waals surface area (Å²) in [5, 5.41) is 21.9. The number of anilines is 1. The number of carbonyl (C=O) groups is 2. The highest BCUT2D eigenvalue weighted by Gasteiger charge is 2.14. The molecular formula is C14H18N4O3. The van der Waals surface area contributed by atoms with Gasteiger partial charge >= 0.3 is 11.8 Å². The number of hydrogen-bond donors (Lipinski definition) is 4. The number of aliphatic hydroxyl groups excluding tert-OH is 1. The maximum atomic E-state index is 11.7. The Hall–Kier alpha value is -2.41. The summed E-state index contributed by atoms with van der Waals surface area (Å²) in [6.45, 7) is 2.12. The fourth-order valence-corrected chi connectivity index (χ4v) is 1.85. The van der Waals surface area contributed by atoms with E-state index in [1.165, 1.54) is 0 Å². The van der Waals surface area contributed by atoms with Crippen LogP contribution < -0.4 is 10.6 Å². The summed E-state index contributed by atoms with van der Waals surface area (Å²) in [6.07, 6.45) is 2.22. The molecule has 0 radical (unpaired) electrons. The molecule has 112 valence electrons. The van der Waals surface area contributed by atoms with Crippen LogP contribution in [0, 0.1) is 0 Å². The number of amides is 2. The molecule has 1 unspecified atom stereocenters. The number of aromatic amines is 1. The zero-order valence-electron chi connectivity index (χ0n) is 11.7. The van der Waals surface area contributed by atoms with Crippen molar-refractivity contribution in [2.45, 2.75) is 25.9 Å². The zero-order valence-corrected chi connectivity index (χ0v) is 11.7. The summed E-state index contributed by atoms with van der Waals surface area (Å²) in [7, 11) is 0. The van der Waals surface area contributed by atoms with Crippen LogP contribution in [0.25, 0.3) is 10.9 Å². The van der Waals surface area contributed by atoms with E-state index in [1.807, 2.05) is 6.92 Å². The minimum atomic E-state index is -0.733. The third-order valence-electron chi connectivity index (χ3n) is 3.14. The molecule has 2 rings (SSSR count). The molecule has 0 saturated heterocycles. The van der Waals surface area contributed by atoms with Crippen LogP contribution in [0.2, 0.25) is 0 Å². The Kier molecular flexibility index (Phi) is 4.89. The van der Waals surface area contributed by atoms with Crippen molar-refractivity contribution in [3.8, 4) is 0 Å². The Morgan fingerprint density at radius 3 is 2.95 bits per heavy atom. The first-order valence-electron chi connectivity index (χ1n) is 6.80. The highest BCUT2D eigenvalue weighted by atomic mass is 16.3. The van der Waals surface area contributed by atoms with E-state index in [4.69, 9.17) is 0 Å². The SMILES string of the molecule is CCC(O)CCNC(=O)C(=O)Nc1ccc2[nH]ncc2c1. The lowest BCUT2D eigenvalue weighted by Crippen LogP contribution is -2.36. The van der Waals surface area contributed by atoms with Gasteiger partial charge in [-0.3, -0.25) is 14.7 Å².